The van der Waals surface area contributed by atoms with E-state index in [0.717, 1.165) is 12.3 Å². The first-order chi connectivity index (χ1) is 7.11. The quantitative estimate of drug-likeness (QED) is 0.609. The monoisotopic (exact) mass is 249 g/mol. The van der Waals surface area contributed by atoms with Gasteiger partial charge in [0.1, 0.15) is 0 Å². The zero-order chi connectivity index (χ0) is 11.3. The molecule has 1 rings (SSSR count). The average molecular weight is 250 g/mol. The van der Waals surface area contributed by atoms with Crippen LogP contribution < -0.4 is 16.4 Å². The highest BCUT2D eigenvalue weighted by molar-refractivity contribution is 5.85. The third kappa shape index (κ3) is 6.63. The van der Waals surface area contributed by atoms with Gasteiger partial charge in [-0.1, -0.05) is 12.8 Å². The number of halogens is 1. The average Bonchev–Trinajstić information content (AvgIpc) is 2.97. The van der Waals surface area contributed by atoms with Crippen LogP contribution >= 0.6 is 12.4 Å². The summed E-state index contributed by atoms with van der Waals surface area (Å²) in [6.07, 6.45) is 3.60. The normalized spacial score (nSPS) is 15.9. The van der Waals surface area contributed by atoms with Crippen LogP contribution in [-0.4, -0.2) is 30.9 Å². The van der Waals surface area contributed by atoms with Crippen LogP contribution in [0.1, 0.15) is 26.2 Å². The van der Waals surface area contributed by atoms with Gasteiger partial charge in [0.05, 0.1) is 13.1 Å². The van der Waals surface area contributed by atoms with Gasteiger partial charge in [-0.15, -0.1) is 12.4 Å². The van der Waals surface area contributed by atoms with Gasteiger partial charge in [-0.05, 0) is 19.3 Å². The first kappa shape index (κ1) is 15.2. The lowest BCUT2D eigenvalue weighted by Gasteiger charge is -2.13. The van der Waals surface area contributed by atoms with E-state index in [1.807, 2.05) is 6.92 Å². The van der Waals surface area contributed by atoms with Crippen LogP contribution in [0.3, 0.4) is 0 Å². The van der Waals surface area contributed by atoms with Gasteiger partial charge in [0.25, 0.3) is 0 Å². The van der Waals surface area contributed by atoms with Gasteiger partial charge in [0.2, 0.25) is 11.8 Å². The number of nitrogens with two attached hydrogens (primary N) is 1. The molecule has 1 aliphatic rings. The molecule has 4 N–H and O–H groups in total. The number of amides is 2. The molecule has 0 spiro atoms. The fraction of sp³-hybridized carbons (Fsp3) is 0.800. The Kier molecular flexibility index (Phi) is 7.08. The predicted molar refractivity (Wildman–Crippen MR) is 64.3 cm³/mol. The molecule has 0 radical (unpaired) electrons. The van der Waals surface area contributed by atoms with Gasteiger partial charge in [0, 0.05) is 6.04 Å². The van der Waals surface area contributed by atoms with Crippen molar-refractivity contribution in [2.24, 2.45) is 11.7 Å². The summed E-state index contributed by atoms with van der Waals surface area (Å²) in [5, 5.41) is 5.27. The van der Waals surface area contributed by atoms with Gasteiger partial charge >= 0.3 is 0 Å². The molecule has 0 aromatic carbocycles. The number of hydrogen-bond donors (Lipinski definition) is 3. The van der Waals surface area contributed by atoms with E-state index in [4.69, 9.17) is 5.73 Å². The zero-order valence-corrected chi connectivity index (χ0v) is 10.3. The third-order valence-corrected chi connectivity index (χ3v) is 2.42. The summed E-state index contributed by atoms with van der Waals surface area (Å²) >= 11 is 0. The number of nitrogens with one attached hydrogen (secondary N) is 2. The van der Waals surface area contributed by atoms with Crippen molar-refractivity contribution in [3.8, 4) is 0 Å². The Morgan fingerprint density at radius 1 is 1.38 bits per heavy atom. The Morgan fingerprint density at radius 2 is 2.00 bits per heavy atom. The molecule has 0 saturated heterocycles. The van der Waals surface area contributed by atoms with Crippen molar-refractivity contribution in [1.29, 1.82) is 0 Å². The first-order valence-electron chi connectivity index (χ1n) is 5.38. The standard InChI is InChI=1S/C10H19N3O2.ClH/c1-7(4-8-2-3-8)13-10(15)6-12-9(14)5-11;/h7-8H,2-6,11H2,1H3,(H,12,14)(H,13,15);1H. The lowest BCUT2D eigenvalue weighted by molar-refractivity contribution is -0.125. The molecule has 6 heteroatoms. The maximum atomic E-state index is 11.3. The fourth-order valence-corrected chi connectivity index (χ4v) is 1.49. The van der Waals surface area contributed by atoms with Gasteiger partial charge in [0.15, 0.2) is 0 Å². The SMILES string of the molecule is CC(CC1CC1)NC(=O)CNC(=O)CN.Cl. The highest BCUT2D eigenvalue weighted by Crippen LogP contribution is 2.33. The number of hydrogen-bond acceptors (Lipinski definition) is 3. The summed E-state index contributed by atoms with van der Waals surface area (Å²) in [6, 6.07) is 0.194. The minimum absolute atomic E-state index is 0. The summed E-state index contributed by atoms with van der Waals surface area (Å²) in [7, 11) is 0. The van der Waals surface area contributed by atoms with Crippen LogP contribution in [0, 0.1) is 5.92 Å². The zero-order valence-electron chi connectivity index (χ0n) is 9.49. The third-order valence-electron chi connectivity index (χ3n) is 2.42. The van der Waals surface area contributed by atoms with Crippen molar-refractivity contribution >= 4 is 24.2 Å². The molecule has 1 aliphatic carbocycles. The Morgan fingerprint density at radius 3 is 2.50 bits per heavy atom. The number of carbonyl (C=O) groups excluding carboxylic acids is 2. The van der Waals surface area contributed by atoms with Gasteiger partial charge < -0.3 is 16.4 Å². The van der Waals surface area contributed by atoms with Gasteiger partial charge in [-0.25, -0.2) is 0 Å². The minimum Gasteiger partial charge on any atom is -0.352 e. The summed E-state index contributed by atoms with van der Waals surface area (Å²) < 4.78 is 0. The molecule has 1 unspecified atom stereocenters. The van der Waals surface area contributed by atoms with Gasteiger partial charge in [-0.3, -0.25) is 9.59 Å². The maximum absolute atomic E-state index is 11.3. The molecule has 0 aromatic heterocycles. The maximum Gasteiger partial charge on any atom is 0.239 e. The molecular weight excluding hydrogens is 230 g/mol. The van der Waals surface area contributed by atoms with Crippen LogP contribution in [0.15, 0.2) is 0 Å². The summed E-state index contributed by atoms with van der Waals surface area (Å²) in [5.41, 5.74) is 5.09. The van der Waals surface area contributed by atoms with Crippen LogP contribution in [0.5, 0.6) is 0 Å². The molecule has 1 fully saturated rings. The van der Waals surface area contributed by atoms with E-state index < -0.39 is 0 Å². The Balaban J connectivity index is 0.00000225. The van der Waals surface area contributed by atoms with Gasteiger partial charge in [-0.2, -0.15) is 0 Å². The fourth-order valence-electron chi connectivity index (χ4n) is 1.49. The predicted octanol–water partition coefficient (Wildman–Crippen LogP) is -0.212. The second-order valence-corrected chi connectivity index (χ2v) is 4.13. The second-order valence-electron chi connectivity index (χ2n) is 4.13. The van der Waals surface area contributed by atoms with Crippen LogP contribution in [0.25, 0.3) is 0 Å². The Bertz CT molecular complexity index is 244. The van der Waals surface area contributed by atoms with Crippen molar-refractivity contribution in [1.82, 2.24) is 10.6 Å². The number of rotatable bonds is 6. The summed E-state index contributed by atoms with van der Waals surface area (Å²) in [6.45, 7) is 1.93. The lowest BCUT2D eigenvalue weighted by Crippen LogP contribution is -2.42. The molecule has 0 heterocycles. The number of carbonyl (C=O) groups is 2. The largest absolute Gasteiger partial charge is 0.352 e. The van der Waals surface area contributed by atoms with Crippen LogP contribution in [0.2, 0.25) is 0 Å². The van der Waals surface area contributed by atoms with Crippen molar-refractivity contribution in [2.45, 2.75) is 32.2 Å². The molecule has 16 heavy (non-hydrogen) atoms. The van der Waals surface area contributed by atoms with E-state index in [1.165, 1.54) is 12.8 Å². The lowest BCUT2D eigenvalue weighted by atomic mass is 10.1. The summed E-state index contributed by atoms with van der Waals surface area (Å²) in [5.74, 6) is 0.337. The van der Waals surface area contributed by atoms with E-state index in [2.05, 4.69) is 10.6 Å². The van der Waals surface area contributed by atoms with Crippen molar-refractivity contribution in [3.05, 3.63) is 0 Å². The minimum atomic E-state index is -0.306. The van der Waals surface area contributed by atoms with Crippen molar-refractivity contribution < 1.29 is 9.59 Å². The Labute approximate surface area is 102 Å². The van der Waals surface area contributed by atoms with E-state index in [-0.39, 0.29) is 43.4 Å². The summed E-state index contributed by atoms with van der Waals surface area (Å²) in [4.78, 5) is 22.1. The molecule has 1 saturated carbocycles. The topological polar surface area (TPSA) is 84.2 Å². The highest BCUT2D eigenvalue weighted by Gasteiger charge is 2.24. The molecule has 0 aromatic rings. The second kappa shape index (κ2) is 7.46. The first-order valence-corrected chi connectivity index (χ1v) is 5.38. The molecule has 0 bridgehead atoms. The van der Waals surface area contributed by atoms with E-state index in [9.17, 15) is 9.59 Å². The highest BCUT2D eigenvalue weighted by atomic mass is 35.5. The van der Waals surface area contributed by atoms with Crippen LogP contribution in [0.4, 0.5) is 0 Å². The molecular formula is C10H20ClN3O2. The van der Waals surface area contributed by atoms with E-state index in [0.29, 0.717) is 0 Å². The molecule has 1 atom stereocenters. The van der Waals surface area contributed by atoms with Crippen LogP contribution in [-0.2, 0) is 9.59 Å². The Hall–Kier alpha value is -0.810. The van der Waals surface area contributed by atoms with Crippen molar-refractivity contribution in [3.63, 3.8) is 0 Å². The van der Waals surface area contributed by atoms with Crippen molar-refractivity contribution in [2.75, 3.05) is 13.1 Å². The molecule has 2 amide bonds. The smallest absolute Gasteiger partial charge is 0.239 e. The molecule has 5 nitrogen and oxygen atoms in total. The van der Waals surface area contributed by atoms with E-state index in [1.54, 1.807) is 0 Å². The molecule has 0 aliphatic heterocycles. The molecule has 94 valence electrons. The van der Waals surface area contributed by atoms with E-state index >= 15 is 0 Å².